The zero-order valence-corrected chi connectivity index (χ0v) is 10.4. The van der Waals surface area contributed by atoms with Crippen LogP contribution in [0.1, 0.15) is 19.3 Å². The van der Waals surface area contributed by atoms with E-state index in [-0.39, 0.29) is 30.1 Å². The highest BCUT2D eigenvalue weighted by molar-refractivity contribution is 5.85. The number of amides is 2. The van der Waals surface area contributed by atoms with Gasteiger partial charge in [-0.3, -0.25) is 9.59 Å². The number of nitrogens with one attached hydrogen (secondary N) is 3. The molecule has 1 aliphatic heterocycles. The average Bonchev–Trinajstić information content (AvgIpc) is 2.29. The third kappa shape index (κ3) is 5.32. The molecule has 16 heavy (non-hydrogen) atoms. The van der Waals surface area contributed by atoms with Gasteiger partial charge in [-0.25, -0.2) is 0 Å². The highest BCUT2D eigenvalue weighted by atomic mass is 35.5. The van der Waals surface area contributed by atoms with Crippen molar-refractivity contribution in [1.29, 1.82) is 0 Å². The number of carbonyl (C=O) groups is 2. The smallest absolute Gasteiger partial charge is 0.224 e. The molecule has 1 atom stereocenters. The van der Waals surface area contributed by atoms with E-state index in [2.05, 4.69) is 16.0 Å². The van der Waals surface area contributed by atoms with E-state index in [0.717, 1.165) is 25.9 Å². The minimum atomic E-state index is -0.0444. The molecule has 0 aromatic carbocycles. The van der Waals surface area contributed by atoms with Crippen molar-refractivity contribution < 1.29 is 9.59 Å². The van der Waals surface area contributed by atoms with Crippen LogP contribution in [-0.2, 0) is 9.59 Å². The SMILES string of the molecule is CNC(=O)CCNC(=O)[C@@H]1CCCNC1.Cl. The molecule has 5 nitrogen and oxygen atoms in total. The average molecular weight is 250 g/mol. The Morgan fingerprint density at radius 2 is 2.19 bits per heavy atom. The molecule has 0 aliphatic carbocycles. The van der Waals surface area contributed by atoms with E-state index in [1.807, 2.05) is 0 Å². The van der Waals surface area contributed by atoms with Crippen LogP contribution in [0.2, 0.25) is 0 Å². The Kier molecular flexibility index (Phi) is 7.93. The fraction of sp³-hybridized carbons (Fsp3) is 0.800. The van der Waals surface area contributed by atoms with Gasteiger partial charge in [-0.05, 0) is 19.4 Å². The maximum absolute atomic E-state index is 11.6. The monoisotopic (exact) mass is 249 g/mol. The Hall–Kier alpha value is -0.810. The van der Waals surface area contributed by atoms with Crippen LogP contribution >= 0.6 is 12.4 Å². The van der Waals surface area contributed by atoms with Gasteiger partial charge in [0.2, 0.25) is 11.8 Å². The molecule has 3 N–H and O–H groups in total. The van der Waals surface area contributed by atoms with Crippen LogP contribution in [0.3, 0.4) is 0 Å². The van der Waals surface area contributed by atoms with Gasteiger partial charge >= 0.3 is 0 Å². The Morgan fingerprint density at radius 3 is 2.75 bits per heavy atom. The van der Waals surface area contributed by atoms with Crippen molar-refractivity contribution in [2.45, 2.75) is 19.3 Å². The Bertz CT molecular complexity index is 230. The van der Waals surface area contributed by atoms with Gasteiger partial charge in [-0.15, -0.1) is 12.4 Å². The molecule has 1 rings (SSSR count). The molecule has 1 aliphatic rings. The van der Waals surface area contributed by atoms with Gasteiger partial charge in [0.25, 0.3) is 0 Å². The lowest BCUT2D eigenvalue weighted by Crippen LogP contribution is -2.41. The van der Waals surface area contributed by atoms with Crippen LogP contribution in [0.15, 0.2) is 0 Å². The predicted octanol–water partition coefficient (Wildman–Crippen LogP) is -0.340. The standard InChI is InChI=1S/C10H19N3O2.ClH/c1-11-9(14)4-6-13-10(15)8-3-2-5-12-7-8;/h8,12H,2-7H2,1H3,(H,11,14)(H,13,15);1H/t8-;/m1./s1. The van der Waals surface area contributed by atoms with E-state index in [9.17, 15) is 9.59 Å². The van der Waals surface area contributed by atoms with Crippen LogP contribution in [0.5, 0.6) is 0 Å². The van der Waals surface area contributed by atoms with Crippen molar-refractivity contribution >= 4 is 24.2 Å². The van der Waals surface area contributed by atoms with Gasteiger partial charge in [0.15, 0.2) is 0 Å². The summed E-state index contributed by atoms with van der Waals surface area (Å²) >= 11 is 0. The molecular formula is C10H20ClN3O2. The zero-order chi connectivity index (χ0) is 11.1. The second kappa shape index (κ2) is 8.35. The summed E-state index contributed by atoms with van der Waals surface area (Å²) in [6.45, 7) is 2.18. The lowest BCUT2D eigenvalue weighted by atomic mass is 9.99. The Morgan fingerprint density at radius 1 is 1.44 bits per heavy atom. The molecule has 1 heterocycles. The number of hydrogen-bond acceptors (Lipinski definition) is 3. The summed E-state index contributed by atoms with van der Waals surface area (Å²) < 4.78 is 0. The molecule has 6 heteroatoms. The molecule has 2 amide bonds. The van der Waals surface area contributed by atoms with E-state index in [4.69, 9.17) is 0 Å². The van der Waals surface area contributed by atoms with Crippen LogP contribution in [-0.4, -0.2) is 38.5 Å². The third-order valence-electron chi connectivity index (χ3n) is 2.60. The topological polar surface area (TPSA) is 70.2 Å². The minimum Gasteiger partial charge on any atom is -0.359 e. The van der Waals surface area contributed by atoms with Crippen LogP contribution in [0.25, 0.3) is 0 Å². The second-order valence-electron chi connectivity index (χ2n) is 3.76. The fourth-order valence-corrected chi connectivity index (χ4v) is 1.64. The normalized spacial score (nSPS) is 19.4. The summed E-state index contributed by atoms with van der Waals surface area (Å²) in [6, 6.07) is 0. The zero-order valence-electron chi connectivity index (χ0n) is 9.54. The number of hydrogen-bond donors (Lipinski definition) is 3. The summed E-state index contributed by atoms with van der Waals surface area (Å²) in [4.78, 5) is 22.5. The summed E-state index contributed by atoms with van der Waals surface area (Å²) in [5.41, 5.74) is 0. The molecule has 0 aromatic rings. The van der Waals surface area contributed by atoms with E-state index < -0.39 is 0 Å². The predicted molar refractivity (Wildman–Crippen MR) is 64.5 cm³/mol. The number of halogens is 1. The summed E-state index contributed by atoms with van der Waals surface area (Å²) in [7, 11) is 1.59. The first-order valence-electron chi connectivity index (χ1n) is 5.43. The molecule has 0 unspecified atom stereocenters. The van der Waals surface area contributed by atoms with Crippen molar-refractivity contribution in [3.63, 3.8) is 0 Å². The van der Waals surface area contributed by atoms with Crippen LogP contribution in [0.4, 0.5) is 0 Å². The molecule has 0 spiro atoms. The Balaban J connectivity index is 0.00000225. The van der Waals surface area contributed by atoms with Crippen molar-refractivity contribution in [1.82, 2.24) is 16.0 Å². The first-order chi connectivity index (χ1) is 7.24. The lowest BCUT2D eigenvalue weighted by Gasteiger charge is -2.21. The van der Waals surface area contributed by atoms with Crippen LogP contribution in [0, 0.1) is 5.92 Å². The van der Waals surface area contributed by atoms with Gasteiger partial charge in [0, 0.05) is 26.6 Å². The molecule has 0 aromatic heterocycles. The van der Waals surface area contributed by atoms with E-state index in [1.165, 1.54) is 0 Å². The van der Waals surface area contributed by atoms with Gasteiger partial charge in [-0.2, -0.15) is 0 Å². The summed E-state index contributed by atoms with van der Waals surface area (Å²) in [5.74, 6) is 0.0895. The molecule has 0 saturated carbocycles. The van der Waals surface area contributed by atoms with Crippen molar-refractivity contribution in [2.24, 2.45) is 5.92 Å². The van der Waals surface area contributed by atoms with E-state index in [1.54, 1.807) is 7.05 Å². The van der Waals surface area contributed by atoms with Crippen molar-refractivity contribution in [2.75, 3.05) is 26.7 Å². The van der Waals surface area contributed by atoms with Gasteiger partial charge in [0.1, 0.15) is 0 Å². The lowest BCUT2D eigenvalue weighted by molar-refractivity contribution is -0.125. The van der Waals surface area contributed by atoms with E-state index in [0.29, 0.717) is 13.0 Å². The van der Waals surface area contributed by atoms with Crippen molar-refractivity contribution in [3.8, 4) is 0 Å². The molecule has 1 fully saturated rings. The van der Waals surface area contributed by atoms with Gasteiger partial charge in [0.05, 0.1) is 5.92 Å². The number of piperidine rings is 1. The first kappa shape index (κ1) is 15.2. The van der Waals surface area contributed by atoms with Gasteiger partial charge < -0.3 is 16.0 Å². The number of carbonyl (C=O) groups excluding carboxylic acids is 2. The second-order valence-corrected chi connectivity index (χ2v) is 3.76. The third-order valence-corrected chi connectivity index (χ3v) is 2.60. The largest absolute Gasteiger partial charge is 0.359 e. The van der Waals surface area contributed by atoms with Gasteiger partial charge in [-0.1, -0.05) is 0 Å². The maximum atomic E-state index is 11.6. The summed E-state index contributed by atoms with van der Waals surface area (Å²) in [6.07, 6.45) is 2.34. The highest BCUT2D eigenvalue weighted by Crippen LogP contribution is 2.09. The molecule has 94 valence electrons. The highest BCUT2D eigenvalue weighted by Gasteiger charge is 2.20. The molecule has 1 saturated heterocycles. The molecular weight excluding hydrogens is 230 g/mol. The summed E-state index contributed by atoms with van der Waals surface area (Å²) in [5, 5.41) is 8.48. The first-order valence-corrected chi connectivity index (χ1v) is 5.43. The van der Waals surface area contributed by atoms with E-state index >= 15 is 0 Å². The van der Waals surface area contributed by atoms with Crippen LogP contribution < -0.4 is 16.0 Å². The Labute approximate surface area is 102 Å². The molecule has 0 radical (unpaired) electrons. The fourth-order valence-electron chi connectivity index (χ4n) is 1.64. The minimum absolute atomic E-state index is 0. The number of rotatable bonds is 4. The van der Waals surface area contributed by atoms with Crippen molar-refractivity contribution in [3.05, 3.63) is 0 Å². The maximum Gasteiger partial charge on any atom is 0.224 e. The molecule has 0 bridgehead atoms. The quantitative estimate of drug-likeness (QED) is 0.639.